The maximum Gasteiger partial charge on any atom is 0.416 e. The van der Waals surface area contributed by atoms with Crippen LogP contribution >= 0.6 is 0 Å². The quantitative estimate of drug-likeness (QED) is 0.357. The highest BCUT2D eigenvalue weighted by molar-refractivity contribution is 6.05. The lowest BCUT2D eigenvalue weighted by Crippen LogP contribution is -2.59. The van der Waals surface area contributed by atoms with E-state index in [1.807, 2.05) is 62.4 Å². The fraction of sp³-hybridized carbons (Fsp3) is 0.389. The van der Waals surface area contributed by atoms with Gasteiger partial charge in [-0.1, -0.05) is 68.4 Å². The molecule has 4 atom stereocenters. The molecule has 3 aliphatic rings. The van der Waals surface area contributed by atoms with Crippen molar-refractivity contribution in [2.75, 3.05) is 31.6 Å². The molecule has 1 fully saturated rings. The molecule has 12 heteroatoms. The third-order valence-electron chi connectivity index (χ3n) is 10.0. The summed E-state index contributed by atoms with van der Waals surface area (Å²) < 4.78 is 46.4. The molecule has 3 amide bonds. The second kappa shape index (κ2) is 12.6. The summed E-state index contributed by atoms with van der Waals surface area (Å²) in [6.45, 7) is 3.19. The van der Waals surface area contributed by atoms with Crippen molar-refractivity contribution < 1.29 is 42.2 Å². The van der Waals surface area contributed by atoms with Crippen molar-refractivity contribution in [1.82, 2.24) is 9.80 Å². The zero-order valence-electron chi connectivity index (χ0n) is 26.7. The number of rotatable bonds is 6. The van der Waals surface area contributed by atoms with Gasteiger partial charge in [-0.2, -0.15) is 13.2 Å². The second-order valence-corrected chi connectivity index (χ2v) is 13.0. The monoisotopic (exact) mass is 663 g/mol. The van der Waals surface area contributed by atoms with Crippen LogP contribution in [0.1, 0.15) is 48.4 Å². The van der Waals surface area contributed by atoms with Crippen LogP contribution in [0.5, 0.6) is 0 Å². The topological polar surface area (TPSA) is 107 Å². The Labute approximate surface area is 275 Å². The molecule has 48 heavy (non-hydrogen) atoms. The van der Waals surface area contributed by atoms with E-state index in [4.69, 9.17) is 4.74 Å². The Morgan fingerprint density at radius 2 is 1.56 bits per heavy atom. The minimum Gasteiger partial charge on any atom is -0.480 e. The Bertz CT molecular complexity index is 1730. The molecule has 0 saturated carbocycles. The molecule has 3 aromatic carbocycles. The third kappa shape index (κ3) is 5.99. The van der Waals surface area contributed by atoms with E-state index >= 15 is 0 Å². The molecule has 0 radical (unpaired) electrons. The summed E-state index contributed by atoms with van der Waals surface area (Å²) in [5, 5.41) is 9.57. The van der Waals surface area contributed by atoms with Crippen LogP contribution in [-0.4, -0.2) is 77.6 Å². The Morgan fingerprint density at radius 1 is 0.938 bits per heavy atom. The van der Waals surface area contributed by atoms with Crippen LogP contribution in [0.3, 0.4) is 0 Å². The summed E-state index contributed by atoms with van der Waals surface area (Å²) >= 11 is 0. The van der Waals surface area contributed by atoms with Gasteiger partial charge >= 0.3 is 18.2 Å². The molecule has 252 valence electrons. The zero-order chi connectivity index (χ0) is 34.5. The van der Waals surface area contributed by atoms with Gasteiger partial charge in [0.25, 0.3) is 5.91 Å². The molecule has 0 bridgehead atoms. The number of fused-ring (bicyclic) bond motifs is 4. The zero-order valence-corrected chi connectivity index (χ0v) is 26.7. The van der Waals surface area contributed by atoms with Crippen molar-refractivity contribution >= 4 is 29.6 Å². The van der Waals surface area contributed by atoms with E-state index in [9.17, 15) is 37.5 Å². The number of carboxylic acids is 1. The van der Waals surface area contributed by atoms with Crippen LogP contribution in [-0.2, 0) is 31.7 Å². The number of amides is 3. The lowest BCUT2D eigenvalue weighted by molar-refractivity contribution is -0.143. The molecule has 2 heterocycles. The Balaban J connectivity index is 1.25. The number of nitrogens with zero attached hydrogens (tertiary/aromatic N) is 3. The summed E-state index contributed by atoms with van der Waals surface area (Å²) in [6, 6.07) is 16.6. The number of carboxylic acid groups (broad SMARTS) is 1. The van der Waals surface area contributed by atoms with Crippen LogP contribution < -0.4 is 4.90 Å². The van der Waals surface area contributed by atoms with Gasteiger partial charge in [0.15, 0.2) is 0 Å². The minimum atomic E-state index is -4.70. The second-order valence-electron chi connectivity index (χ2n) is 13.0. The molecule has 0 aromatic heterocycles. The van der Waals surface area contributed by atoms with Crippen molar-refractivity contribution in [3.63, 3.8) is 0 Å². The number of carbonyl (C=O) groups excluding carboxylic acids is 3. The standard InChI is InChI=1S/C36H36F3N3O6/c1-20-14-30(40(3)35(47)48-19-28-26-10-6-4-8-24(26)25-9-5-7-11-27(25)28)33(45)41(17-21(20)2)31-15-22-12-13-23(36(37,38)39)16-29(22)42(34(31)46)18-32(43)44/h4-13,16,20-21,28,30-31H,14-15,17-19H2,1-3H3,(H,43,44)/t20-,21+,30+,31?/m1/s1. The van der Waals surface area contributed by atoms with E-state index in [1.165, 1.54) is 22.9 Å². The van der Waals surface area contributed by atoms with Gasteiger partial charge < -0.3 is 14.7 Å². The van der Waals surface area contributed by atoms with Gasteiger partial charge in [0.05, 0.1) is 5.56 Å². The molecule has 0 spiro atoms. The maximum atomic E-state index is 14.3. The van der Waals surface area contributed by atoms with Crippen LogP contribution in [0.25, 0.3) is 11.1 Å². The largest absolute Gasteiger partial charge is 0.480 e. The highest BCUT2D eigenvalue weighted by Gasteiger charge is 2.46. The van der Waals surface area contributed by atoms with E-state index in [-0.39, 0.29) is 43.0 Å². The Morgan fingerprint density at radius 3 is 2.17 bits per heavy atom. The summed E-state index contributed by atoms with van der Waals surface area (Å²) in [5.74, 6) is -3.06. The number of halogens is 3. The Kier molecular flexibility index (Phi) is 8.69. The van der Waals surface area contributed by atoms with Gasteiger partial charge in [0.2, 0.25) is 5.91 Å². The molecule has 9 nitrogen and oxygen atoms in total. The van der Waals surface area contributed by atoms with Crippen molar-refractivity contribution in [2.45, 2.75) is 50.9 Å². The maximum absolute atomic E-state index is 14.3. The fourth-order valence-electron chi connectivity index (χ4n) is 7.18. The van der Waals surface area contributed by atoms with Crippen LogP contribution in [0.4, 0.5) is 23.7 Å². The molecule has 6 rings (SSSR count). The molecule has 1 unspecified atom stereocenters. The third-order valence-corrected chi connectivity index (χ3v) is 10.0. The van der Waals surface area contributed by atoms with Gasteiger partial charge in [0.1, 0.15) is 25.2 Å². The first kappa shape index (κ1) is 33.0. The van der Waals surface area contributed by atoms with Crippen molar-refractivity contribution in [3.05, 3.63) is 89.0 Å². The average molecular weight is 664 g/mol. The number of carbonyl (C=O) groups is 4. The molecule has 1 N–H and O–H groups in total. The molecule has 3 aromatic rings. The van der Waals surface area contributed by atoms with E-state index in [0.717, 1.165) is 39.3 Å². The minimum absolute atomic E-state index is 0.0513. The highest BCUT2D eigenvalue weighted by Crippen LogP contribution is 2.45. The van der Waals surface area contributed by atoms with Gasteiger partial charge in [-0.05, 0) is 58.2 Å². The predicted molar refractivity (Wildman–Crippen MR) is 170 cm³/mol. The highest BCUT2D eigenvalue weighted by atomic mass is 19.4. The first-order valence-corrected chi connectivity index (χ1v) is 15.9. The lowest BCUT2D eigenvalue weighted by Gasteiger charge is -2.40. The van der Waals surface area contributed by atoms with Crippen molar-refractivity contribution in [2.24, 2.45) is 11.8 Å². The van der Waals surface area contributed by atoms with Crippen LogP contribution in [0.15, 0.2) is 66.7 Å². The van der Waals surface area contributed by atoms with E-state index in [1.54, 1.807) is 0 Å². The number of likely N-dealkylation sites (N-methyl/N-ethyl adjacent to an activating group) is 1. The summed E-state index contributed by atoms with van der Waals surface area (Å²) in [7, 11) is 1.48. The van der Waals surface area contributed by atoms with E-state index in [2.05, 4.69) is 0 Å². The Hall–Kier alpha value is -4.87. The van der Waals surface area contributed by atoms with Gasteiger partial charge in [0, 0.05) is 31.6 Å². The molecular weight excluding hydrogens is 627 g/mol. The van der Waals surface area contributed by atoms with Gasteiger partial charge in [-0.25, -0.2) is 4.79 Å². The van der Waals surface area contributed by atoms with Crippen molar-refractivity contribution in [1.29, 1.82) is 0 Å². The van der Waals surface area contributed by atoms with E-state index < -0.39 is 54.2 Å². The molecule has 1 saturated heterocycles. The number of ether oxygens (including phenoxy) is 1. The number of aliphatic carboxylic acids is 1. The number of hydrogen-bond acceptors (Lipinski definition) is 5. The SMILES string of the molecule is C[C@@H]1C[C@H](N(C)C(=O)OCC2c3ccccc3-c3ccccc32)C(=O)N(C2Cc3ccc(C(F)(F)F)cc3N(CC(=O)O)C2=O)C[C@@H]1C. The molecule has 2 aliphatic heterocycles. The van der Waals surface area contributed by atoms with Gasteiger partial charge in [-0.15, -0.1) is 0 Å². The molecule has 1 aliphatic carbocycles. The van der Waals surface area contributed by atoms with E-state index in [0.29, 0.717) is 12.0 Å². The normalized spacial score (nSPS) is 22.5. The number of benzene rings is 3. The first-order chi connectivity index (χ1) is 22.8. The summed E-state index contributed by atoms with van der Waals surface area (Å²) in [5.41, 5.74) is 3.38. The van der Waals surface area contributed by atoms with Crippen LogP contribution in [0.2, 0.25) is 0 Å². The summed E-state index contributed by atoms with van der Waals surface area (Å²) in [6.07, 6.45) is -5.21. The van der Waals surface area contributed by atoms with Gasteiger partial charge in [-0.3, -0.25) is 24.2 Å². The number of anilines is 1. The lowest BCUT2D eigenvalue weighted by atomic mass is 9.90. The molecular formula is C36H36F3N3O6. The van der Waals surface area contributed by atoms with Crippen molar-refractivity contribution in [3.8, 4) is 11.1 Å². The number of likely N-dealkylation sites (tertiary alicyclic amines) is 1. The number of alkyl halides is 3. The summed E-state index contributed by atoms with van der Waals surface area (Å²) in [4.78, 5) is 56.9. The smallest absolute Gasteiger partial charge is 0.416 e. The first-order valence-electron chi connectivity index (χ1n) is 15.9. The predicted octanol–water partition coefficient (Wildman–Crippen LogP) is 5.80. The fourth-order valence-corrected chi connectivity index (χ4v) is 7.18. The number of hydrogen-bond donors (Lipinski definition) is 1. The average Bonchev–Trinajstić information content (AvgIpc) is 3.32. The van der Waals surface area contributed by atoms with Crippen LogP contribution in [0, 0.1) is 11.8 Å².